The maximum absolute atomic E-state index is 12.4. The first-order chi connectivity index (χ1) is 10.1. The van der Waals surface area contributed by atoms with Crippen LogP contribution in [-0.2, 0) is 9.59 Å². The number of hydrogen-bond donors (Lipinski definition) is 1. The summed E-state index contributed by atoms with van der Waals surface area (Å²) in [6, 6.07) is 7.95. The quantitative estimate of drug-likeness (QED) is 0.869. The van der Waals surface area contributed by atoms with Gasteiger partial charge in [0.2, 0.25) is 11.8 Å². The lowest BCUT2D eigenvalue weighted by atomic mass is 9.76. The summed E-state index contributed by atoms with van der Waals surface area (Å²) < 4.78 is 0. The number of rotatable bonds is 3. The van der Waals surface area contributed by atoms with Crippen molar-refractivity contribution >= 4 is 17.5 Å². The Morgan fingerprint density at radius 1 is 1.19 bits per heavy atom. The van der Waals surface area contributed by atoms with Crippen LogP contribution in [0.4, 0.5) is 5.69 Å². The molecule has 2 aliphatic rings. The Hall–Kier alpha value is -1.84. The maximum Gasteiger partial charge on any atom is 0.234 e. The van der Waals surface area contributed by atoms with Crippen molar-refractivity contribution < 1.29 is 9.59 Å². The number of anilines is 1. The fourth-order valence-corrected chi connectivity index (χ4v) is 3.54. The van der Waals surface area contributed by atoms with Crippen LogP contribution in [0, 0.1) is 24.7 Å². The smallest absolute Gasteiger partial charge is 0.234 e. The Morgan fingerprint density at radius 2 is 1.95 bits per heavy atom. The number of benzene rings is 1. The van der Waals surface area contributed by atoms with Gasteiger partial charge in [-0.3, -0.25) is 14.5 Å². The number of nitrogens with zero attached hydrogens (tertiary/aromatic N) is 1. The molecule has 3 rings (SSSR count). The second-order valence-electron chi connectivity index (χ2n) is 6.44. The number of carbonyl (C=O) groups excluding carboxylic acids is 2. The predicted octanol–water partition coefficient (Wildman–Crippen LogP) is 2.79. The molecule has 1 saturated heterocycles. The Balaban J connectivity index is 1.68. The van der Waals surface area contributed by atoms with Gasteiger partial charge in [0.05, 0.1) is 18.5 Å². The molecule has 0 aromatic heterocycles. The van der Waals surface area contributed by atoms with Crippen molar-refractivity contribution in [1.29, 1.82) is 0 Å². The first kappa shape index (κ1) is 14.1. The predicted molar refractivity (Wildman–Crippen MR) is 81.5 cm³/mol. The van der Waals surface area contributed by atoms with E-state index in [4.69, 9.17) is 0 Å². The molecule has 2 fully saturated rings. The molecule has 21 heavy (non-hydrogen) atoms. The van der Waals surface area contributed by atoms with Gasteiger partial charge in [0.15, 0.2) is 0 Å². The minimum absolute atomic E-state index is 0.0108. The molecule has 3 atom stereocenters. The SMILES string of the molecule is Cc1cccc(NCN2C(=O)[C@@H]3CC[C@@H](C)C[C@H]3C2=O)c1. The molecule has 0 radical (unpaired) electrons. The molecule has 2 amide bonds. The lowest BCUT2D eigenvalue weighted by molar-refractivity contribution is -0.139. The maximum atomic E-state index is 12.4. The van der Waals surface area contributed by atoms with Gasteiger partial charge in [-0.15, -0.1) is 0 Å². The summed E-state index contributed by atoms with van der Waals surface area (Å²) in [4.78, 5) is 26.3. The van der Waals surface area contributed by atoms with Gasteiger partial charge in [-0.05, 0) is 49.8 Å². The normalized spacial score (nSPS) is 28.7. The highest BCUT2D eigenvalue weighted by Gasteiger charge is 2.49. The molecule has 1 aliphatic heterocycles. The van der Waals surface area contributed by atoms with Gasteiger partial charge >= 0.3 is 0 Å². The highest BCUT2D eigenvalue weighted by molar-refractivity contribution is 6.05. The number of aryl methyl sites for hydroxylation is 1. The molecular weight excluding hydrogens is 264 g/mol. The van der Waals surface area contributed by atoms with E-state index in [1.165, 1.54) is 4.90 Å². The number of hydrogen-bond acceptors (Lipinski definition) is 3. The molecular formula is C17H22N2O2. The Bertz CT molecular complexity index is 570. The summed E-state index contributed by atoms with van der Waals surface area (Å²) in [5, 5.41) is 3.19. The highest BCUT2D eigenvalue weighted by Crippen LogP contribution is 2.40. The topological polar surface area (TPSA) is 49.4 Å². The van der Waals surface area contributed by atoms with Crippen molar-refractivity contribution in [2.75, 3.05) is 12.0 Å². The number of nitrogens with one attached hydrogen (secondary N) is 1. The largest absolute Gasteiger partial charge is 0.367 e. The van der Waals surface area contributed by atoms with Gasteiger partial charge in [-0.1, -0.05) is 19.1 Å². The molecule has 1 saturated carbocycles. The molecule has 4 heteroatoms. The average molecular weight is 286 g/mol. The first-order valence-corrected chi connectivity index (χ1v) is 7.72. The summed E-state index contributed by atoms with van der Waals surface area (Å²) in [5.41, 5.74) is 2.10. The number of amides is 2. The molecule has 1 N–H and O–H groups in total. The zero-order chi connectivity index (χ0) is 15.0. The third-order valence-electron chi connectivity index (χ3n) is 4.74. The van der Waals surface area contributed by atoms with Crippen LogP contribution in [0.2, 0.25) is 0 Å². The van der Waals surface area contributed by atoms with E-state index in [0.717, 1.165) is 30.5 Å². The van der Waals surface area contributed by atoms with Gasteiger partial charge < -0.3 is 5.32 Å². The molecule has 0 unspecified atom stereocenters. The fourth-order valence-electron chi connectivity index (χ4n) is 3.54. The van der Waals surface area contributed by atoms with E-state index >= 15 is 0 Å². The standard InChI is InChI=1S/C17H22N2O2/c1-11-4-3-5-13(8-11)18-10-19-16(20)14-7-6-12(2)9-15(14)17(19)21/h3-5,8,12,14-15,18H,6-7,9-10H2,1-2H3/t12-,14-,15-/m1/s1. The van der Waals surface area contributed by atoms with Gasteiger partial charge in [-0.2, -0.15) is 0 Å². The van der Waals surface area contributed by atoms with Gasteiger partial charge in [0, 0.05) is 5.69 Å². The van der Waals surface area contributed by atoms with Gasteiger partial charge in [0.25, 0.3) is 0 Å². The van der Waals surface area contributed by atoms with E-state index in [1.807, 2.05) is 31.2 Å². The van der Waals surface area contributed by atoms with Crippen molar-refractivity contribution in [2.45, 2.75) is 33.1 Å². The molecule has 1 aliphatic carbocycles. The van der Waals surface area contributed by atoms with Crippen LogP contribution >= 0.6 is 0 Å². The van der Waals surface area contributed by atoms with Crippen LogP contribution in [-0.4, -0.2) is 23.4 Å². The van der Waals surface area contributed by atoms with Crippen molar-refractivity contribution in [1.82, 2.24) is 4.90 Å². The summed E-state index contributed by atoms with van der Waals surface area (Å²) >= 11 is 0. The lowest BCUT2D eigenvalue weighted by Gasteiger charge is -2.25. The second kappa shape index (κ2) is 5.51. The molecule has 1 aromatic carbocycles. The van der Waals surface area contributed by atoms with Gasteiger partial charge in [0.1, 0.15) is 0 Å². The molecule has 1 aromatic rings. The Morgan fingerprint density at radius 3 is 2.71 bits per heavy atom. The molecule has 112 valence electrons. The Kier molecular flexibility index (Phi) is 3.70. The third kappa shape index (κ3) is 2.67. The van der Waals surface area contributed by atoms with E-state index in [-0.39, 0.29) is 30.3 Å². The number of imide groups is 1. The third-order valence-corrected chi connectivity index (χ3v) is 4.74. The van der Waals surface area contributed by atoms with Crippen LogP contribution in [0.5, 0.6) is 0 Å². The molecule has 0 spiro atoms. The van der Waals surface area contributed by atoms with Crippen molar-refractivity contribution in [3.05, 3.63) is 29.8 Å². The van der Waals surface area contributed by atoms with E-state index in [0.29, 0.717) is 5.92 Å². The second-order valence-corrected chi connectivity index (χ2v) is 6.44. The average Bonchev–Trinajstić information content (AvgIpc) is 2.69. The number of carbonyl (C=O) groups is 2. The van der Waals surface area contributed by atoms with Crippen LogP contribution in [0.3, 0.4) is 0 Å². The monoisotopic (exact) mass is 286 g/mol. The number of fused-ring (bicyclic) bond motifs is 1. The van der Waals surface area contributed by atoms with Crippen molar-refractivity contribution in [3.8, 4) is 0 Å². The van der Waals surface area contributed by atoms with E-state index in [2.05, 4.69) is 12.2 Å². The molecule has 0 bridgehead atoms. The van der Waals surface area contributed by atoms with Crippen LogP contribution in [0.25, 0.3) is 0 Å². The van der Waals surface area contributed by atoms with E-state index < -0.39 is 0 Å². The minimum atomic E-state index is -0.0828. The summed E-state index contributed by atoms with van der Waals surface area (Å²) in [7, 11) is 0. The fraction of sp³-hybridized carbons (Fsp3) is 0.529. The van der Waals surface area contributed by atoms with Crippen LogP contribution < -0.4 is 5.32 Å². The van der Waals surface area contributed by atoms with Crippen LogP contribution in [0.1, 0.15) is 31.7 Å². The summed E-state index contributed by atoms with van der Waals surface area (Å²) in [5.74, 6) is 0.412. The van der Waals surface area contributed by atoms with Crippen molar-refractivity contribution in [2.24, 2.45) is 17.8 Å². The van der Waals surface area contributed by atoms with Crippen LogP contribution in [0.15, 0.2) is 24.3 Å². The Labute approximate surface area is 125 Å². The zero-order valence-corrected chi connectivity index (χ0v) is 12.6. The van der Waals surface area contributed by atoms with Crippen molar-refractivity contribution in [3.63, 3.8) is 0 Å². The minimum Gasteiger partial charge on any atom is -0.367 e. The first-order valence-electron chi connectivity index (χ1n) is 7.72. The highest BCUT2D eigenvalue weighted by atomic mass is 16.2. The zero-order valence-electron chi connectivity index (χ0n) is 12.6. The summed E-state index contributed by atoms with van der Waals surface area (Å²) in [6.45, 7) is 4.47. The molecule has 4 nitrogen and oxygen atoms in total. The number of likely N-dealkylation sites (tertiary alicyclic amines) is 1. The lowest BCUT2D eigenvalue weighted by Crippen LogP contribution is -2.35. The van der Waals surface area contributed by atoms with E-state index in [9.17, 15) is 9.59 Å². The summed E-state index contributed by atoms with van der Waals surface area (Å²) in [6.07, 6.45) is 2.77. The van der Waals surface area contributed by atoms with E-state index in [1.54, 1.807) is 0 Å². The molecule has 1 heterocycles. The van der Waals surface area contributed by atoms with Gasteiger partial charge in [-0.25, -0.2) is 0 Å².